The predicted octanol–water partition coefficient (Wildman–Crippen LogP) is 3.54. The van der Waals surface area contributed by atoms with Crippen LogP contribution in [0.4, 0.5) is 0 Å². The quantitative estimate of drug-likeness (QED) is 0.763. The molecule has 98 valence electrons. The number of methoxy groups -OCH3 is 3. The van der Waals surface area contributed by atoms with Crippen LogP contribution >= 0.6 is 0 Å². The monoisotopic (exact) mass is 248 g/mol. The molecule has 0 fully saturated rings. The van der Waals surface area contributed by atoms with Crippen LogP contribution in [0.15, 0.2) is 24.3 Å². The first-order valence-electron chi connectivity index (χ1n) is 6.26. The van der Waals surface area contributed by atoms with Crippen molar-refractivity contribution in [2.45, 2.75) is 25.2 Å². The largest absolute Gasteiger partial charge is 0.496 e. The summed E-state index contributed by atoms with van der Waals surface area (Å²) in [5.74, 6) is 2.74. The first-order chi connectivity index (χ1) is 8.80. The summed E-state index contributed by atoms with van der Waals surface area (Å²) in [7, 11) is 4.99. The number of hydrogen-bond donors (Lipinski definition) is 0. The van der Waals surface area contributed by atoms with Gasteiger partial charge in [0, 0.05) is 17.5 Å². The standard InChI is InChI=1S/C15H20O3/c1-16-13-10-15(18-3)14(17-2)9-12(13)11-7-5-4-6-8-11/h5,7,9-11H,4,6,8H2,1-3H3. The Morgan fingerprint density at radius 1 is 0.944 bits per heavy atom. The highest BCUT2D eigenvalue weighted by atomic mass is 16.5. The maximum Gasteiger partial charge on any atom is 0.164 e. The van der Waals surface area contributed by atoms with E-state index in [1.54, 1.807) is 21.3 Å². The molecule has 1 aromatic carbocycles. The second kappa shape index (κ2) is 5.80. The third-order valence-electron chi connectivity index (χ3n) is 3.39. The fourth-order valence-electron chi connectivity index (χ4n) is 2.41. The van der Waals surface area contributed by atoms with Gasteiger partial charge in [0.25, 0.3) is 0 Å². The molecule has 0 N–H and O–H groups in total. The molecule has 0 spiro atoms. The van der Waals surface area contributed by atoms with Crippen molar-refractivity contribution in [3.8, 4) is 17.2 Å². The fourth-order valence-corrected chi connectivity index (χ4v) is 2.41. The molecule has 0 saturated carbocycles. The molecule has 1 aliphatic rings. The van der Waals surface area contributed by atoms with Gasteiger partial charge in [-0.15, -0.1) is 0 Å². The molecule has 1 aliphatic carbocycles. The number of ether oxygens (including phenoxy) is 3. The number of rotatable bonds is 4. The number of hydrogen-bond acceptors (Lipinski definition) is 3. The Morgan fingerprint density at radius 2 is 1.61 bits per heavy atom. The molecule has 0 aromatic heterocycles. The molecule has 0 bridgehead atoms. The molecule has 1 aromatic rings. The summed E-state index contributed by atoms with van der Waals surface area (Å²) < 4.78 is 16.1. The number of allylic oxidation sites excluding steroid dienone is 2. The van der Waals surface area contributed by atoms with Crippen molar-refractivity contribution in [2.75, 3.05) is 21.3 Å². The minimum Gasteiger partial charge on any atom is -0.496 e. The highest BCUT2D eigenvalue weighted by molar-refractivity contribution is 5.52. The Bertz CT molecular complexity index is 438. The Kier molecular flexibility index (Phi) is 4.13. The Labute approximate surface area is 108 Å². The third kappa shape index (κ3) is 2.45. The molecule has 0 radical (unpaired) electrons. The zero-order valence-electron chi connectivity index (χ0n) is 11.2. The predicted molar refractivity (Wildman–Crippen MR) is 71.8 cm³/mol. The van der Waals surface area contributed by atoms with E-state index in [0.29, 0.717) is 11.7 Å². The summed E-state index contributed by atoms with van der Waals surface area (Å²) in [6, 6.07) is 3.93. The molecule has 1 unspecified atom stereocenters. The van der Waals surface area contributed by atoms with Crippen LogP contribution in [0.2, 0.25) is 0 Å². The summed E-state index contributed by atoms with van der Waals surface area (Å²) in [4.78, 5) is 0. The second-order valence-corrected chi connectivity index (χ2v) is 4.41. The van der Waals surface area contributed by atoms with Crippen molar-refractivity contribution < 1.29 is 14.2 Å². The van der Waals surface area contributed by atoms with Crippen LogP contribution in [0.5, 0.6) is 17.2 Å². The molecule has 0 heterocycles. The van der Waals surface area contributed by atoms with Crippen molar-refractivity contribution in [3.05, 3.63) is 29.8 Å². The molecule has 3 nitrogen and oxygen atoms in total. The van der Waals surface area contributed by atoms with Crippen LogP contribution < -0.4 is 14.2 Å². The lowest BCUT2D eigenvalue weighted by Gasteiger charge is -2.21. The van der Waals surface area contributed by atoms with Gasteiger partial charge < -0.3 is 14.2 Å². The van der Waals surface area contributed by atoms with Crippen molar-refractivity contribution in [2.24, 2.45) is 0 Å². The van der Waals surface area contributed by atoms with Gasteiger partial charge >= 0.3 is 0 Å². The van der Waals surface area contributed by atoms with Crippen molar-refractivity contribution >= 4 is 0 Å². The zero-order chi connectivity index (χ0) is 13.0. The van der Waals surface area contributed by atoms with Gasteiger partial charge in [-0.1, -0.05) is 12.2 Å². The molecule has 1 atom stereocenters. The zero-order valence-corrected chi connectivity index (χ0v) is 11.2. The van der Waals surface area contributed by atoms with Gasteiger partial charge in [-0.3, -0.25) is 0 Å². The van der Waals surface area contributed by atoms with Crippen molar-refractivity contribution in [1.82, 2.24) is 0 Å². The minimum absolute atomic E-state index is 0.411. The van der Waals surface area contributed by atoms with Gasteiger partial charge in [-0.25, -0.2) is 0 Å². The average molecular weight is 248 g/mol. The van der Waals surface area contributed by atoms with Gasteiger partial charge in [0.2, 0.25) is 0 Å². The van der Waals surface area contributed by atoms with E-state index in [9.17, 15) is 0 Å². The summed E-state index contributed by atoms with van der Waals surface area (Å²) in [5.41, 5.74) is 1.17. The third-order valence-corrected chi connectivity index (χ3v) is 3.39. The summed E-state index contributed by atoms with van der Waals surface area (Å²) in [5, 5.41) is 0. The van der Waals surface area contributed by atoms with Crippen LogP contribution in [0.1, 0.15) is 30.7 Å². The number of benzene rings is 1. The lowest BCUT2D eigenvalue weighted by atomic mass is 9.88. The molecular weight excluding hydrogens is 228 g/mol. The van der Waals surface area contributed by atoms with E-state index in [1.165, 1.54) is 18.4 Å². The molecule has 0 saturated heterocycles. The molecule has 2 rings (SSSR count). The van der Waals surface area contributed by atoms with E-state index in [2.05, 4.69) is 12.2 Å². The summed E-state index contributed by atoms with van der Waals surface area (Å²) >= 11 is 0. The summed E-state index contributed by atoms with van der Waals surface area (Å²) in [6.07, 6.45) is 8.05. The van der Waals surface area contributed by atoms with E-state index in [0.717, 1.165) is 17.9 Å². The van der Waals surface area contributed by atoms with Crippen LogP contribution in [0, 0.1) is 0 Å². The normalized spacial score (nSPS) is 18.5. The minimum atomic E-state index is 0.411. The fraction of sp³-hybridized carbons (Fsp3) is 0.467. The van der Waals surface area contributed by atoms with Crippen LogP contribution in [-0.4, -0.2) is 21.3 Å². The molecule has 18 heavy (non-hydrogen) atoms. The first-order valence-corrected chi connectivity index (χ1v) is 6.26. The summed E-state index contributed by atoms with van der Waals surface area (Å²) in [6.45, 7) is 0. The Hall–Kier alpha value is -1.64. The van der Waals surface area contributed by atoms with E-state index in [1.807, 2.05) is 12.1 Å². The maximum atomic E-state index is 5.47. The van der Waals surface area contributed by atoms with E-state index in [4.69, 9.17) is 14.2 Å². The first kappa shape index (κ1) is 12.8. The van der Waals surface area contributed by atoms with E-state index in [-0.39, 0.29) is 0 Å². The SMILES string of the molecule is COc1cc(OC)c(C2C=CCCC2)cc1OC. The Morgan fingerprint density at radius 3 is 2.17 bits per heavy atom. The second-order valence-electron chi connectivity index (χ2n) is 4.41. The van der Waals surface area contributed by atoms with E-state index < -0.39 is 0 Å². The van der Waals surface area contributed by atoms with Gasteiger partial charge in [0.1, 0.15) is 5.75 Å². The van der Waals surface area contributed by atoms with Crippen LogP contribution in [0.3, 0.4) is 0 Å². The molecule has 3 heteroatoms. The molecule has 0 aliphatic heterocycles. The lowest BCUT2D eigenvalue weighted by Crippen LogP contribution is -2.03. The Balaban J connectivity index is 2.44. The maximum absolute atomic E-state index is 5.47. The van der Waals surface area contributed by atoms with Gasteiger partial charge in [-0.2, -0.15) is 0 Å². The van der Waals surface area contributed by atoms with Gasteiger partial charge in [-0.05, 0) is 25.3 Å². The van der Waals surface area contributed by atoms with Crippen molar-refractivity contribution in [3.63, 3.8) is 0 Å². The van der Waals surface area contributed by atoms with Crippen molar-refractivity contribution in [1.29, 1.82) is 0 Å². The van der Waals surface area contributed by atoms with Crippen LogP contribution in [0.25, 0.3) is 0 Å². The van der Waals surface area contributed by atoms with Crippen LogP contribution in [-0.2, 0) is 0 Å². The smallest absolute Gasteiger partial charge is 0.164 e. The highest BCUT2D eigenvalue weighted by Crippen LogP contribution is 2.40. The highest BCUT2D eigenvalue weighted by Gasteiger charge is 2.19. The lowest BCUT2D eigenvalue weighted by molar-refractivity contribution is 0.346. The average Bonchev–Trinajstić information content (AvgIpc) is 2.46. The molecular formula is C15H20O3. The molecule has 0 amide bonds. The topological polar surface area (TPSA) is 27.7 Å². The van der Waals surface area contributed by atoms with Gasteiger partial charge in [0.05, 0.1) is 21.3 Å². The van der Waals surface area contributed by atoms with E-state index >= 15 is 0 Å². The van der Waals surface area contributed by atoms with Gasteiger partial charge in [0.15, 0.2) is 11.5 Å².